The summed E-state index contributed by atoms with van der Waals surface area (Å²) in [6, 6.07) is 1.22. The zero-order valence-corrected chi connectivity index (χ0v) is 14.6. The molecule has 0 saturated heterocycles. The quantitative estimate of drug-likeness (QED) is 0.727. The lowest BCUT2D eigenvalue weighted by Crippen LogP contribution is -2.15. The van der Waals surface area contributed by atoms with Crippen LogP contribution in [0.4, 0.5) is 10.1 Å². The molecule has 1 amide bonds. The fraction of sp³-hybridized carbons (Fsp3) is 0.222. The van der Waals surface area contributed by atoms with Crippen molar-refractivity contribution in [3.05, 3.63) is 53.8 Å². The van der Waals surface area contributed by atoms with Gasteiger partial charge in [-0.25, -0.2) is 19.3 Å². The Morgan fingerprint density at radius 3 is 2.81 bits per heavy atom. The van der Waals surface area contributed by atoms with Crippen LogP contribution in [0, 0.1) is 24.6 Å². The van der Waals surface area contributed by atoms with Gasteiger partial charge in [-0.05, 0) is 26.9 Å². The molecule has 1 N–H and O–H groups in total. The Balaban J connectivity index is 1.74. The van der Waals surface area contributed by atoms with E-state index in [1.165, 1.54) is 22.9 Å². The molecule has 0 radical (unpaired) electrons. The summed E-state index contributed by atoms with van der Waals surface area (Å²) < 4.78 is 15.6. The summed E-state index contributed by atoms with van der Waals surface area (Å²) in [7, 11) is 3.83. The van der Waals surface area contributed by atoms with Gasteiger partial charge in [0.15, 0.2) is 11.5 Å². The number of aromatic nitrogens is 4. The molecule has 0 saturated carbocycles. The van der Waals surface area contributed by atoms with Gasteiger partial charge in [0, 0.05) is 18.5 Å². The Morgan fingerprint density at radius 1 is 1.31 bits per heavy atom. The molecule has 0 unspecified atom stereocenters. The van der Waals surface area contributed by atoms with Crippen LogP contribution in [0.1, 0.15) is 21.9 Å². The van der Waals surface area contributed by atoms with E-state index in [1.54, 1.807) is 19.3 Å². The molecular formula is C18H17FN6O. The summed E-state index contributed by atoms with van der Waals surface area (Å²) in [5.74, 6) is 4.80. The third kappa shape index (κ3) is 4.02. The topological polar surface area (TPSA) is 75.4 Å². The van der Waals surface area contributed by atoms with Gasteiger partial charge in [0.25, 0.3) is 5.91 Å². The number of rotatable bonds is 3. The molecule has 0 aliphatic carbocycles. The Bertz CT molecular complexity index is 1010. The maximum absolute atomic E-state index is 14.1. The van der Waals surface area contributed by atoms with Crippen molar-refractivity contribution in [2.24, 2.45) is 0 Å². The van der Waals surface area contributed by atoms with Gasteiger partial charge in [0.1, 0.15) is 11.4 Å². The molecule has 7 nitrogen and oxygen atoms in total. The Morgan fingerprint density at radius 2 is 2.12 bits per heavy atom. The SMILES string of the molecule is Cc1cn2cc(NC(=O)c3cnc(C#CCN(C)C)cn3)cc(F)c2n1. The molecule has 3 heterocycles. The van der Waals surface area contributed by atoms with Crippen molar-refractivity contribution in [3.8, 4) is 11.8 Å². The highest BCUT2D eigenvalue weighted by Gasteiger charge is 2.12. The van der Waals surface area contributed by atoms with Crippen molar-refractivity contribution < 1.29 is 9.18 Å². The molecule has 0 aliphatic rings. The summed E-state index contributed by atoms with van der Waals surface area (Å²) in [6.07, 6.45) is 6.03. The highest BCUT2D eigenvalue weighted by Crippen LogP contribution is 2.16. The lowest BCUT2D eigenvalue weighted by Gasteiger charge is -2.06. The molecule has 8 heteroatoms. The molecule has 0 atom stereocenters. The number of hydrogen-bond donors (Lipinski definition) is 1. The van der Waals surface area contributed by atoms with E-state index in [4.69, 9.17) is 0 Å². The minimum absolute atomic E-state index is 0.116. The summed E-state index contributed by atoms with van der Waals surface area (Å²) in [6.45, 7) is 2.37. The molecule has 3 aromatic rings. The molecule has 26 heavy (non-hydrogen) atoms. The van der Waals surface area contributed by atoms with Gasteiger partial charge in [0.2, 0.25) is 0 Å². The highest BCUT2D eigenvalue weighted by atomic mass is 19.1. The number of nitrogens with zero attached hydrogens (tertiary/aromatic N) is 5. The number of fused-ring (bicyclic) bond motifs is 1. The van der Waals surface area contributed by atoms with E-state index in [9.17, 15) is 9.18 Å². The minimum Gasteiger partial charge on any atom is -0.319 e. The normalized spacial score (nSPS) is 10.7. The van der Waals surface area contributed by atoms with Crippen LogP contribution in [0.5, 0.6) is 0 Å². The highest BCUT2D eigenvalue weighted by molar-refractivity contribution is 6.02. The van der Waals surface area contributed by atoms with Gasteiger partial charge in [-0.2, -0.15) is 0 Å². The molecule has 0 bridgehead atoms. The largest absolute Gasteiger partial charge is 0.319 e. The number of imidazole rings is 1. The van der Waals surface area contributed by atoms with Gasteiger partial charge in [-0.15, -0.1) is 0 Å². The molecular weight excluding hydrogens is 335 g/mol. The summed E-state index contributed by atoms with van der Waals surface area (Å²) in [4.78, 5) is 26.4. The fourth-order valence-electron chi connectivity index (χ4n) is 2.24. The van der Waals surface area contributed by atoms with Crippen molar-refractivity contribution in [3.63, 3.8) is 0 Å². The average molecular weight is 352 g/mol. The van der Waals surface area contributed by atoms with Crippen LogP contribution in [-0.4, -0.2) is 50.8 Å². The number of aryl methyl sites for hydroxylation is 1. The van der Waals surface area contributed by atoms with Gasteiger partial charge in [0.05, 0.1) is 30.3 Å². The van der Waals surface area contributed by atoms with Gasteiger partial charge in [-0.1, -0.05) is 5.92 Å². The molecule has 0 fully saturated rings. The van der Waals surface area contributed by atoms with Crippen LogP contribution in [0.25, 0.3) is 5.65 Å². The summed E-state index contributed by atoms with van der Waals surface area (Å²) in [5, 5.41) is 2.61. The van der Waals surface area contributed by atoms with Gasteiger partial charge in [-0.3, -0.25) is 9.69 Å². The number of halogens is 1. The van der Waals surface area contributed by atoms with Gasteiger partial charge < -0.3 is 9.72 Å². The van der Waals surface area contributed by atoms with Crippen LogP contribution in [0.3, 0.4) is 0 Å². The molecule has 0 spiro atoms. The zero-order chi connectivity index (χ0) is 18.7. The fourth-order valence-corrected chi connectivity index (χ4v) is 2.24. The van der Waals surface area contributed by atoms with E-state index < -0.39 is 11.7 Å². The van der Waals surface area contributed by atoms with E-state index in [0.29, 0.717) is 23.6 Å². The molecule has 132 valence electrons. The van der Waals surface area contributed by atoms with E-state index in [-0.39, 0.29) is 11.3 Å². The second-order valence-electron chi connectivity index (χ2n) is 5.97. The van der Waals surface area contributed by atoms with Crippen LogP contribution in [-0.2, 0) is 0 Å². The second kappa shape index (κ2) is 7.29. The third-order valence-electron chi connectivity index (χ3n) is 3.38. The number of carbonyl (C=O) groups is 1. The monoisotopic (exact) mass is 352 g/mol. The number of amides is 1. The summed E-state index contributed by atoms with van der Waals surface area (Å²) in [5.41, 5.74) is 1.79. The Hall–Kier alpha value is -3.31. The maximum atomic E-state index is 14.1. The van der Waals surface area contributed by atoms with E-state index in [0.717, 1.165) is 0 Å². The van der Waals surface area contributed by atoms with Crippen LogP contribution < -0.4 is 5.32 Å². The Labute approximate surface area is 149 Å². The van der Waals surface area contributed by atoms with Crippen molar-refractivity contribution in [2.45, 2.75) is 6.92 Å². The predicted molar refractivity (Wildman–Crippen MR) is 95.3 cm³/mol. The van der Waals surface area contributed by atoms with E-state index >= 15 is 0 Å². The lowest BCUT2D eigenvalue weighted by molar-refractivity contribution is 0.102. The van der Waals surface area contributed by atoms with Crippen LogP contribution in [0.2, 0.25) is 0 Å². The average Bonchev–Trinajstić information content (AvgIpc) is 2.96. The molecule has 0 aromatic carbocycles. The standard InChI is InChI=1S/C18H17FN6O/c1-12-10-25-11-14(7-15(19)17(25)22-12)23-18(26)16-9-20-13(8-21-16)5-4-6-24(2)3/h7-11H,6H2,1-3H3,(H,23,26). The van der Waals surface area contributed by atoms with Crippen molar-refractivity contribution in [1.82, 2.24) is 24.3 Å². The van der Waals surface area contributed by atoms with Crippen LogP contribution in [0.15, 0.2) is 30.9 Å². The second-order valence-corrected chi connectivity index (χ2v) is 5.97. The molecule has 3 aromatic heterocycles. The first kappa shape index (κ1) is 17.5. The van der Waals surface area contributed by atoms with Crippen molar-refractivity contribution >= 4 is 17.2 Å². The molecule has 3 rings (SSSR count). The van der Waals surface area contributed by atoms with Crippen molar-refractivity contribution in [2.75, 3.05) is 26.0 Å². The van der Waals surface area contributed by atoms with E-state index in [1.807, 2.05) is 19.0 Å². The first-order chi connectivity index (χ1) is 12.4. The number of nitrogens with one attached hydrogen (secondary N) is 1. The number of pyridine rings is 1. The van der Waals surface area contributed by atoms with Crippen molar-refractivity contribution in [1.29, 1.82) is 0 Å². The van der Waals surface area contributed by atoms with Gasteiger partial charge >= 0.3 is 0 Å². The minimum atomic E-state index is -0.520. The smallest absolute Gasteiger partial charge is 0.275 e. The van der Waals surface area contributed by atoms with Crippen LogP contribution >= 0.6 is 0 Å². The molecule has 0 aliphatic heterocycles. The van der Waals surface area contributed by atoms with E-state index in [2.05, 4.69) is 32.1 Å². The Kier molecular flexibility index (Phi) is 4.91. The lowest BCUT2D eigenvalue weighted by atomic mass is 10.3. The third-order valence-corrected chi connectivity index (χ3v) is 3.38. The first-order valence-corrected chi connectivity index (χ1v) is 7.84. The number of carbonyl (C=O) groups excluding carboxylic acids is 1. The predicted octanol–water partition coefficient (Wildman–Crippen LogP) is 1.74. The first-order valence-electron chi connectivity index (χ1n) is 7.84. The maximum Gasteiger partial charge on any atom is 0.275 e. The number of anilines is 1. The zero-order valence-electron chi connectivity index (χ0n) is 14.6. The number of hydrogen-bond acceptors (Lipinski definition) is 5. The summed E-state index contributed by atoms with van der Waals surface area (Å²) >= 11 is 0.